The van der Waals surface area contributed by atoms with Crippen LogP contribution < -0.4 is 21.1 Å². The molecule has 3 unspecified atom stereocenters. The van der Waals surface area contributed by atoms with Crippen LogP contribution in [0.1, 0.15) is 44.2 Å². The number of cyclic esters (lactones) is 1. The lowest BCUT2D eigenvalue weighted by Gasteiger charge is -2.29. The van der Waals surface area contributed by atoms with Crippen molar-refractivity contribution < 1.29 is 9.53 Å². The highest BCUT2D eigenvalue weighted by molar-refractivity contribution is 5.90. The predicted octanol–water partition coefficient (Wildman–Crippen LogP) is 2.13. The molecule has 1 aromatic rings. The van der Waals surface area contributed by atoms with Crippen LogP contribution >= 0.6 is 0 Å². The largest absolute Gasteiger partial charge is 0.443 e. The zero-order chi connectivity index (χ0) is 22.9. The summed E-state index contributed by atoms with van der Waals surface area (Å²) in [6.45, 7) is 10.3. The van der Waals surface area contributed by atoms with E-state index < -0.39 is 0 Å². The maximum absolute atomic E-state index is 12.4. The average molecular weight is 455 g/mol. The van der Waals surface area contributed by atoms with Crippen LogP contribution in [0.25, 0.3) is 5.70 Å². The minimum Gasteiger partial charge on any atom is -0.443 e. The molecule has 0 spiro atoms. The number of hydrogen-bond acceptors (Lipinski definition) is 7. The molecule has 8 heteroatoms. The van der Waals surface area contributed by atoms with E-state index in [0.717, 1.165) is 51.1 Å². The van der Waals surface area contributed by atoms with Gasteiger partial charge in [-0.15, -0.1) is 0 Å². The molecule has 180 valence electrons. The molecule has 2 fully saturated rings. The summed E-state index contributed by atoms with van der Waals surface area (Å²) in [5, 5.41) is 3.10. The molecule has 33 heavy (non-hydrogen) atoms. The van der Waals surface area contributed by atoms with E-state index in [4.69, 9.17) is 4.74 Å². The summed E-state index contributed by atoms with van der Waals surface area (Å²) in [6.07, 6.45) is 4.39. The van der Waals surface area contributed by atoms with E-state index in [1.807, 2.05) is 7.05 Å². The Morgan fingerprint density at radius 2 is 2.06 bits per heavy atom. The number of likely N-dealkylation sites (tertiary alicyclic amines) is 1. The van der Waals surface area contributed by atoms with Crippen LogP contribution in [0.3, 0.4) is 0 Å². The highest BCUT2D eigenvalue weighted by Gasteiger charge is 2.38. The van der Waals surface area contributed by atoms with E-state index in [9.17, 15) is 4.79 Å². The normalized spacial score (nSPS) is 27.6. The molecule has 0 saturated carbocycles. The van der Waals surface area contributed by atoms with E-state index in [1.54, 1.807) is 4.90 Å². The van der Waals surface area contributed by atoms with Gasteiger partial charge in [0.25, 0.3) is 0 Å². The molecular weight excluding hydrogens is 416 g/mol. The third kappa shape index (κ3) is 4.25. The minimum atomic E-state index is -0.249. The Morgan fingerprint density at radius 3 is 2.85 bits per heavy atom. The number of amides is 1. The van der Waals surface area contributed by atoms with Crippen LogP contribution in [-0.4, -0.2) is 80.5 Å². The number of hydrogen-bond donors (Lipinski definition) is 3. The van der Waals surface area contributed by atoms with Crippen molar-refractivity contribution in [1.82, 2.24) is 26.0 Å². The molecular formula is C25H38N6O2. The zero-order valence-electron chi connectivity index (χ0n) is 20.2. The van der Waals surface area contributed by atoms with Crippen molar-refractivity contribution in [2.45, 2.75) is 57.8 Å². The van der Waals surface area contributed by atoms with Gasteiger partial charge in [-0.25, -0.2) is 10.2 Å². The van der Waals surface area contributed by atoms with Gasteiger partial charge in [0.05, 0.1) is 12.2 Å². The van der Waals surface area contributed by atoms with Crippen molar-refractivity contribution >= 4 is 17.5 Å². The lowest BCUT2D eigenvalue weighted by atomic mass is 10.0. The standard InChI is InChI=1S/C25H38N6O2/c1-4-29(5-2)19-11-12-30(15-19)24-22-8-6-7-17-13-18(9-10-21(17)23(22)27-28-24)31-16-20(14-26-3)33-25(31)32/h9-10,13,19-20,24,26-28H,4-8,11-12,14-16H2,1-3H3. The first-order valence-electron chi connectivity index (χ1n) is 12.6. The minimum absolute atomic E-state index is 0.0993. The zero-order valence-corrected chi connectivity index (χ0v) is 20.2. The summed E-state index contributed by atoms with van der Waals surface area (Å²) in [5.74, 6) is 0. The Morgan fingerprint density at radius 1 is 1.21 bits per heavy atom. The maximum atomic E-state index is 12.4. The second-order valence-electron chi connectivity index (χ2n) is 9.60. The molecule has 3 heterocycles. The number of likely N-dealkylation sites (N-methyl/N-ethyl adjacent to an activating group) is 2. The molecule has 3 aliphatic heterocycles. The van der Waals surface area contributed by atoms with E-state index in [2.05, 4.69) is 58.0 Å². The Kier molecular flexibility index (Phi) is 6.60. The Bertz CT molecular complexity index is 914. The molecule has 1 amide bonds. The van der Waals surface area contributed by atoms with Gasteiger partial charge < -0.3 is 15.5 Å². The van der Waals surface area contributed by atoms with Gasteiger partial charge in [-0.3, -0.25) is 14.7 Å². The highest BCUT2D eigenvalue weighted by atomic mass is 16.6. The smallest absolute Gasteiger partial charge is 0.414 e. The van der Waals surface area contributed by atoms with Gasteiger partial charge in [0, 0.05) is 36.9 Å². The second kappa shape index (κ2) is 9.62. The number of rotatable bonds is 7. The molecule has 5 rings (SSSR count). The summed E-state index contributed by atoms with van der Waals surface area (Å²) < 4.78 is 5.50. The molecule has 2 saturated heterocycles. The van der Waals surface area contributed by atoms with Crippen molar-refractivity contribution in [3.05, 3.63) is 34.9 Å². The first kappa shape index (κ1) is 22.7. The Balaban J connectivity index is 1.35. The van der Waals surface area contributed by atoms with Gasteiger partial charge in [0.1, 0.15) is 12.3 Å². The van der Waals surface area contributed by atoms with Gasteiger partial charge >= 0.3 is 6.09 Å². The second-order valence-corrected chi connectivity index (χ2v) is 9.60. The molecule has 3 N–H and O–H groups in total. The van der Waals surface area contributed by atoms with Gasteiger partial charge in [-0.1, -0.05) is 19.9 Å². The van der Waals surface area contributed by atoms with E-state index in [1.165, 1.54) is 28.8 Å². The first-order chi connectivity index (χ1) is 16.1. The monoisotopic (exact) mass is 454 g/mol. The molecule has 0 radical (unpaired) electrons. The summed E-state index contributed by atoms with van der Waals surface area (Å²) in [6, 6.07) is 7.09. The number of fused-ring (bicyclic) bond motifs is 2. The third-order valence-electron chi connectivity index (χ3n) is 7.74. The SMILES string of the molecule is CCN(CC)C1CCN(C2NNC3=C2CCCc2cc(N4CC(CNC)OC4=O)ccc23)C1. The lowest BCUT2D eigenvalue weighted by molar-refractivity contribution is 0.141. The van der Waals surface area contributed by atoms with E-state index in [0.29, 0.717) is 19.1 Å². The number of ether oxygens (including phenoxy) is 1. The van der Waals surface area contributed by atoms with Gasteiger partial charge in [-0.05, 0) is 69.1 Å². The predicted molar refractivity (Wildman–Crippen MR) is 131 cm³/mol. The number of aryl methyl sites for hydroxylation is 1. The molecule has 1 aromatic carbocycles. The van der Waals surface area contributed by atoms with E-state index in [-0.39, 0.29) is 18.4 Å². The van der Waals surface area contributed by atoms with Crippen molar-refractivity contribution in [1.29, 1.82) is 0 Å². The summed E-state index contributed by atoms with van der Waals surface area (Å²) in [7, 11) is 1.88. The number of nitrogens with one attached hydrogen (secondary N) is 3. The fourth-order valence-electron chi connectivity index (χ4n) is 6.03. The number of benzene rings is 1. The molecule has 0 bridgehead atoms. The number of nitrogens with zero attached hydrogens (tertiary/aromatic N) is 3. The third-order valence-corrected chi connectivity index (χ3v) is 7.74. The van der Waals surface area contributed by atoms with Crippen molar-refractivity contribution in [3.8, 4) is 0 Å². The molecule has 8 nitrogen and oxygen atoms in total. The summed E-state index contributed by atoms with van der Waals surface area (Å²) in [4.78, 5) is 19.4. The Hall–Kier alpha value is -2.13. The molecule has 4 aliphatic rings. The molecule has 1 aliphatic carbocycles. The van der Waals surface area contributed by atoms with Crippen molar-refractivity contribution in [3.63, 3.8) is 0 Å². The Labute approximate surface area is 197 Å². The van der Waals surface area contributed by atoms with Crippen LogP contribution in [0.5, 0.6) is 0 Å². The summed E-state index contributed by atoms with van der Waals surface area (Å²) in [5.41, 5.74) is 13.4. The fraction of sp³-hybridized carbons (Fsp3) is 0.640. The summed E-state index contributed by atoms with van der Waals surface area (Å²) >= 11 is 0. The van der Waals surface area contributed by atoms with Crippen LogP contribution in [0.2, 0.25) is 0 Å². The average Bonchev–Trinajstić information content (AvgIpc) is 3.51. The topological polar surface area (TPSA) is 72.1 Å². The van der Waals surface area contributed by atoms with Crippen LogP contribution in [0.4, 0.5) is 10.5 Å². The van der Waals surface area contributed by atoms with E-state index >= 15 is 0 Å². The lowest BCUT2D eigenvalue weighted by Crippen LogP contribution is -2.47. The fourth-order valence-corrected chi connectivity index (χ4v) is 6.03. The first-order valence-corrected chi connectivity index (χ1v) is 12.6. The maximum Gasteiger partial charge on any atom is 0.414 e. The quantitative estimate of drug-likeness (QED) is 0.583. The van der Waals surface area contributed by atoms with Gasteiger partial charge in [-0.2, -0.15) is 0 Å². The van der Waals surface area contributed by atoms with Crippen molar-refractivity contribution in [2.24, 2.45) is 0 Å². The van der Waals surface area contributed by atoms with Gasteiger partial charge in [0.15, 0.2) is 0 Å². The highest BCUT2D eigenvalue weighted by Crippen LogP contribution is 2.37. The van der Waals surface area contributed by atoms with Gasteiger partial charge in [0.2, 0.25) is 0 Å². The molecule has 0 aromatic heterocycles. The number of carbonyl (C=O) groups excluding carboxylic acids is 1. The van der Waals surface area contributed by atoms with Crippen LogP contribution in [0.15, 0.2) is 23.8 Å². The number of hydrazine groups is 1. The van der Waals surface area contributed by atoms with Crippen LogP contribution in [0, 0.1) is 0 Å². The molecule has 3 atom stereocenters. The number of anilines is 1. The van der Waals surface area contributed by atoms with Crippen LogP contribution in [-0.2, 0) is 11.2 Å². The van der Waals surface area contributed by atoms with Crippen molar-refractivity contribution in [2.75, 3.05) is 51.2 Å². The number of carbonyl (C=O) groups is 1.